The first-order valence-corrected chi connectivity index (χ1v) is 14.6. The Hall–Kier alpha value is -3.66. The summed E-state index contributed by atoms with van der Waals surface area (Å²) in [4.78, 5) is 0.195. The normalized spacial score (nSPS) is 15.5. The lowest BCUT2D eigenvalue weighted by molar-refractivity contribution is 0.0924. The standard InChI is InChI=1S/C30H33N3O5S/c1-3-29-28(30(38-25-13-8-5-9-14-25)33(31-29)23-11-6-4-7-12-23)22-32(21-26-15-10-20-37-26)39(34,35)27-18-16-24(36-2)17-19-27/h4-9,11-14,16-19,26H,3,10,15,20-22H2,1-2H3. The molecule has 3 aromatic carbocycles. The third kappa shape index (κ3) is 6.00. The second-order valence-corrected chi connectivity index (χ2v) is 11.3. The molecule has 0 bridgehead atoms. The van der Waals surface area contributed by atoms with E-state index in [0.29, 0.717) is 30.4 Å². The van der Waals surface area contributed by atoms with Crippen molar-refractivity contribution in [3.05, 3.63) is 96.2 Å². The van der Waals surface area contributed by atoms with Crippen molar-refractivity contribution < 1.29 is 22.6 Å². The summed E-state index contributed by atoms with van der Waals surface area (Å²) in [7, 11) is -2.32. The summed E-state index contributed by atoms with van der Waals surface area (Å²) in [6, 6.07) is 25.6. The third-order valence-electron chi connectivity index (χ3n) is 6.78. The number of para-hydroxylation sites is 2. The van der Waals surface area contributed by atoms with Crippen LogP contribution >= 0.6 is 0 Å². The Morgan fingerprint density at radius 1 is 0.974 bits per heavy atom. The van der Waals surface area contributed by atoms with Gasteiger partial charge in [0.2, 0.25) is 15.9 Å². The van der Waals surface area contributed by atoms with E-state index in [-0.39, 0.29) is 24.1 Å². The molecule has 0 aliphatic carbocycles. The maximum atomic E-state index is 14.0. The molecule has 1 fully saturated rings. The molecule has 0 radical (unpaired) electrons. The summed E-state index contributed by atoms with van der Waals surface area (Å²) in [5, 5.41) is 4.88. The highest BCUT2D eigenvalue weighted by Gasteiger charge is 2.32. The highest BCUT2D eigenvalue weighted by Crippen LogP contribution is 2.34. The van der Waals surface area contributed by atoms with Crippen LogP contribution in [0.1, 0.15) is 31.0 Å². The van der Waals surface area contributed by atoms with E-state index in [1.807, 2.05) is 67.6 Å². The molecule has 0 saturated carbocycles. The molecule has 4 aromatic rings. The van der Waals surface area contributed by atoms with E-state index in [1.54, 1.807) is 36.1 Å². The number of aromatic nitrogens is 2. The minimum absolute atomic E-state index is 0.0897. The second-order valence-electron chi connectivity index (χ2n) is 9.35. The highest BCUT2D eigenvalue weighted by molar-refractivity contribution is 7.89. The van der Waals surface area contributed by atoms with Crippen LogP contribution in [0.25, 0.3) is 5.69 Å². The number of methoxy groups -OCH3 is 1. The van der Waals surface area contributed by atoms with E-state index in [9.17, 15) is 8.42 Å². The molecule has 1 atom stereocenters. The predicted octanol–water partition coefficient (Wildman–Crippen LogP) is 5.61. The van der Waals surface area contributed by atoms with Crippen molar-refractivity contribution >= 4 is 10.0 Å². The molecule has 39 heavy (non-hydrogen) atoms. The number of rotatable bonds is 11. The quantitative estimate of drug-likeness (QED) is 0.243. The molecule has 0 N–H and O–H groups in total. The van der Waals surface area contributed by atoms with E-state index in [0.717, 1.165) is 29.8 Å². The molecule has 1 aromatic heterocycles. The summed E-state index contributed by atoms with van der Waals surface area (Å²) in [6.45, 7) is 2.97. The summed E-state index contributed by atoms with van der Waals surface area (Å²) < 4.78 is 48.8. The fraction of sp³-hybridized carbons (Fsp3) is 0.300. The first kappa shape index (κ1) is 26.9. The van der Waals surface area contributed by atoms with Gasteiger partial charge in [-0.3, -0.25) is 0 Å². The number of sulfonamides is 1. The van der Waals surface area contributed by atoms with Crippen molar-refractivity contribution in [2.45, 2.75) is 43.7 Å². The Labute approximate surface area is 229 Å². The first-order chi connectivity index (χ1) is 19.0. The van der Waals surface area contributed by atoms with Gasteiger partial charge in [-0.25, -0.2) is 13.1 Å². The smallest absolute Gasteiger partial charge is 0.243 e. The van der Waals surface area contributed by atoms with Crippen molar-refractivity contribution in [2.75, 3.05) is 20.3 Å². The molecule has 2 heterocycles. The van der Waals surface area contributed by atoms with E-state index >= 15 is 0 Å². The minimum atomic E-state index is -3.88. The number of hydrogen-bond acceptors (Lipinski definition) is 6. The lowest BCUT2D eigenvalue weighted by Gasteiger charge is -2.25. The fourth-order valence-electron chi connectivity index (χ4n) is 4.71. The van der Waals surface area contributed by atoms with E-state index in [2.05, 4.69) is 0 Å². The van der Waals surface area contributed by atoms with Crippen molar-refractivity contribution in [1.29, 1.82) is 0 Å². The van der Waals surface area contributed by atoms with Crippen LogP contribution in [-0.4, -0.2) is 48.9 Å². The zero-order valence-electron chi connectivity index (χ0n) is 22.2. The van der Waals surface area contributed by atoms with Gasteiger partial charge >= 0.3 is 0 Å². The largest absolute Gasteiger partial charge is 0.497 e. The Morgan fingerprint density at radius 3 is 2.28 bits per heavy atom. The third-order valence-corrected chi connectivity index (χ3v) is 8.60. The van der Waals surface area contributed by atoms with Gasteiger partial charge in [-0.1, -0.05) is 43.3 Å². The molecule has 1 unspecified atom stereocenters. The molecule has 5 rings (SSSR count). The first-order valence-electron chi connectivity index (χ1n) is 13.1. The Kier molecular flexibility index (Phi) is 8.30. The molecular formula is C30H33N3O5S. The van der Waals surface area contributed by atoms with Crippen LogP contribution in [0.4, 0.5) is 0 Å². The van der Waals surface area contributed by atoms with Crippen molar-refractivity contribution in [1.82, 2.24) is 14.1 Å². The summed E-state index contributed by atoms with van der Waals surface area (Å²) in [6.07, 6.45) is 2.16. The van der Waals surface area contributed by atoms with Crippen LogP contribution in [0.5, 0.6) is 17.4 Å². The molecule has 1 saturated heterocycles. The second kappa shape index (κ2) is 12.0. The van der Waals surface area contributed by atoms with Gasteiger partial charge in [0.25, 0.3) is 0 Å². The lowest BCUT2D eigenvalue weighted by atomic mass is 10.2. The van der Waals surface area contributed by atoms with Crippen LogP contribution in [0, 0.1) is 0 Å². The minimum Gasteiger partial charge on any atom is -0.497 e. The average Bonchev–Trinajstić information content (AvgIpc) is 3.62. The Balaban J connectivity index is 1.60. The number of aryl methyl sites for hydroxylation is 1. The fourth-order valence-corrected chi connectivity index (χ4v) is 6.15. The molecular weight excluding hydrogens is 514 g/mol. The van der Waals surface area contributed by atoms with Crippen LogP contribution in [-0.2, 0) is 27.7 Å². The Morgan fingerprint density at radius 2 is 1.67 bits per heavy atom. The lowest BCUT2D eigenvalue weighted by Crippen LogP contribution is -2.37. The maximum Gasteiger partial charge on any atom is 0.243 e. The van der Waals surface area contributed by atoms with Crippen LogP contribution < -0.4 is 9.47 Å². The molecule has 204 valence electrons. The van der Waals surface area contributed by atoms with Gasteiger partial charge in [-0.05, 0) is 67.8 Å². The average molecular weight is 548 g/mol. The molecule has 1 aliphatic rings. The predicted molar refractivity (Wildman–Crippen MR) is 149 cm³/mol. The monoisotopic (exact) mass is 547 g/mol. The van der Waals surface area contributed by atoms with Gasteiger partial charge in [0.15, 0.2) is 0 Å². The van der Waals surface area contributed by atoms with Crippen molar-refractivity contribution in [3.63, 3.8) is 0 Å². The van der Waals surface area contributed by atoms with Crippen LogP contribution in [0.3, 0.4) is 0 Å². The van der Waals surface area contributed by atoms with Crippen LogP contribution in [0.15, 0.2) is 89.8 Å². The van der Waals surface area contributed by atoms with Gasteiger partial charge < -0.3 is 14.2 Å². The van der Waals surface area contributed by atoms with E-state index in [1.165, 1.54) is 4.31 Å². The van der Waals surface area contributed by atoms with Gasteiger partial charge in [0.1, 0.15) is 11.5 Å². The summed E-state index contributed by atoms with van der Waals surface area (Å²) in [5.74, 6) is 1.73. The van der Waals surface area contributed by atoms with Gasteiger partial charge in [0, 0.05) is 19.7 Å². The highest BCUT2D eigenvalue weighted by atomic mass is 32.2. The van der Waals surface area contributed by atoms with E-state index in [4.69, 9.17) is 19.3 Å². The molecule has 0 spiro atoms. The zero-order valence-corrected chi connectivity index (χ0v) is 23.0. The van der Waals surface area contributed by atoms with Gasteiger partial charge in [0.05, 0.1) is 35.1 Å². The number of ether oxygens (including phenoxy) is 3. The van der Waals surface area contributed by atoms with Crippen molar-refractivity contribution in [3.8, 4) is 23.1 Å². The zero-order chi connectivity index (χ0) is 27.2. The molecule has 1 aliphatic heterocycles. The molecule has 9 heteroatoms. The summed E-state index contributed by atoms with van der Waals surface area (Å²) >= 11 is 0. The number of nitrogens with zero attached hydrogens (tertiary/aromatic N) is 3. The van der Waals surface area contributed by atoms with Crippen molar-refractivity contribution in [2.24, 2.45) is 0 Å². The Bertz CT molecular complexity index is 1470. The van der Waals surface area contributed by atoms with Crippen LogP contribution in [0.2, 0.25) is 0 Å². The molecule has 8 nitrogen and oxygen atoms in total. The maximum absolute atomic E-state index is 14.0. The number of hydrogen-bond donors (Lipinski definition) is 0. The SMILES string of the molecule is CCc1nn(-c2ccccc2)c(Oc2ccccc2)c1CN(CC1CCCO1)S(=O)(=O)c1ccc(OC)cc1. The van der Waals surface area contributed by atoms with E-state index < -0.39 is 10.0 Å². The van der Waals surface area contributed by atoms with Gasteiger partial charge in [-0.15, -0.1) is 0 Å². The summed E-state index contributed by atoms with van der Waals surface area (Å²) in [5.41, 5.74) is 2.32. The van der Waals surface area contributed by atoms with Gasteiger partial charge in [-0.2, -0.15) is 9.40 Å². The number of benzene rings is 3. The topological polar surface area (TPSA) is 82.9 Å². The molecule has 0 amide bonds.